The Morgan fingerprint density at radius 2 is 2.50 bits per heavy atom. The Labute approximate surface area is 81.7 Å². The molecule has 0 saturated carbocycles. The highest BCUT2D eigenvalue weighted by molar-refractivity contribution is 5.78. The molecule has 0 bridgehead atoms. The molecule has 1 aromatic rings. The summed E-state index contributed by atoms with van der Waals surface area (Å²) in [7, 11) is 0. The zero-order chi connectivity index (χ0) is 10.4. The van der Waals surface area contributed by atoms with Gasteiger partial charge >= 0.3 is 0 Å². The summed E-state index contributed by atoms with van der Waals surface area (Å²) in [6.07, 6.45) is 2.41. The van der Waals surface area contributed by atoms with Crippen LogP contribution >= 0.6 is 0 Å². The van der Waals surface area contributed by atoms with Crippen molar-refractivity contribution in [2.45, 2.75) is 12.6 Å². The number of nitrogens with two attached hydrogens (primary N) is 1. The van der Waals surface area contributed by atoms with E-state index in [0.29, 0.717) is 13.1 Å². The molecule has 1 aromatic heterocycles. The van der Waals surface area contributed by atoms with E-state index in [4.69, 9.17) is 10.8 Å². The summed E-state index contributed by atoms with van der Waals surface area (Å²) in [5, 5.41) is 15.9. The SMILES string of the molecule is NC(=O)C(O)CNCCn1cccn1. The maximum absolute atomic E-state index is 10.4. The minimum absolute atomic E-state index is 0.177. The molecule has 0 aliphatic heterocycles. The van der Waals surface area contributed by atoms with E-state index in [1.807, 2.05) is 12.3 Å². The number of nitrogens with one attached hydrogen (secondary N) is 1. The van der Waals surface area contributed by atoms with Crippen molar-refractivity contribution in [2.24, 2.45) is 5.73 Å². The maximum Gasteiger partial charge on any atom is 0.247 e. The summed E-state index contributed by atoms with van der Waals surface area (Å²) in [4.78, 5) is 10.4. The predicted octanol–water partition coefficient (Wildman–Crippen LogP) is -1.68. The van der Waals surface area contributed by atoms with Crippen molar-refractivity contribution in [1.82, 2.24) is 15.1 Å². The van der Waals surface area contributed by atoms with Gasteiger partial charge in [-0.25, -0.2) is 0 Å². The van der Waals surface area contributed by atoms with Crippen molar-refractivity contribution in [1.29, 1.82) is 0 Å². The van der Waals surface area contributed by atoms with Crippen LogP contribution in [0.4, 0.5) is 0 Å². The highest BCUT2D eigenvalue weighted by Gasteiger charge is 2.08. The molecule has 0 fully saturated rings. The number of amides is 1. The molecule has 1 unspecified atom stereocenters. The van der Waals surface area contributed by atoms with Crippen LogP contribution in [0.2, 0.25) is 0 Å². The van der Waals surface area contributed by atoms with Crippen LogP contribution in [0.3, 0.4) is 0 Å². The number of carbonyl (C=O) groups excluding carboxylic acids is 1. The summed E-state index contributed by atoms with van der Waals surface area (Å²) in [5.41, 5.74) is 4.87. The molecule has 0 aliphatic rings. The van der Waals surface area contributed by atoms with Gasteiger partial charge in [0.25, 0.3) is 0 Å². The Morgan fingerprint density at radius 1 is 1.71 bits per heavy atom. The van der Waals surface area contributed by atoms with Gasteiger partial charge in [-0.15, -0.1) is 0 Å². The number of aromatic nitrogens is 2. The monoisotopic (exact) mass is 198 g/mol. The van der Waals surface area contributed by atoms with E-state index < -0.39 is 12.0 Å². The van der Waals surface area contributed by atoms with Gasteiger partial charge in [0.15, 0.2) is 0 Å². The number of hydrogen-bond donors (Lipinski definition) is 3. The summed E-state index contributed by atoms with van der Waals surface area (Å²) in [6.45, 7) is 1.50. The Balaban J connectivity index is 2.08. The van der Waals surface area contributed by atoms with Gasteiger partial charge in [0.05, 0.1) is 6.54 Å². The lowest BCUT2D eigenvalue weighted by atomic mass is 10.3. The number of aliphatic hydroxyl groups excluding tert-OH is 1. The van der Waals surface area contributed by atoms with Crippen LogP contribution in [0.5, 0.6) is 0 Å². The summed E-state index contributed by atoms with van der Waals surface area (Å²) < 4.78 is 1.75. The molecule has 14 heavy (non-hydrogen) atoms. The predicted molar refractivity (Wildman–Crippen MR) is 50.3 cm³/mol. The fraction of sp³-hybridized carbons (Fsp3) is 0.500. The van der Waals surface area contributed by atoms with Crippen LogP contribution in [0, 0.1) is 0 Å². The first kappa shape index (κ1) is 10.7. The lowest BCUT2D eigenvalue weighted by molar-refractivity contribution is -0.125. The smallest absolute Gasteiger partial charge is 0.247 e. The van der Waals surface area contributed by atoms with Crippen LogP contribution in [0.25, 0.3) is 0 Å². The van der Waals surface area contributed by atoms with Crippen molar-refractivity contribution >= 4 is 5.91 Å². The fourth-order valence-corrected chi connectivity index (χ4v) is 0.966. The minimum Gasteiger partial charge on any atom is -0.382 e. The molecule has 0 aliphatic carbocycles. The van der Waals surface area contributed by atoms with Gasteiger partial charge in [0.2, 0.25) is 5.91 Å². The topological polar surface area (TPSA) is 93.2 Å². The van der Waals surface area contributed by atoms with E-state index in [1.54, 1.807) is 10.9 Å². The third-order valence-corrected chi connectivity index (χ3v) is 1.74. The number of carbonyl (C=O) groups is 1. The molecule has 78 valence electrons. The maximum atomic E-state index is 10.4. The van der Waals surface area contributed by atoms with Gasteiger partial charge in [0.1, 0.15) is 6.10 Å². The Hall–Kier alpha value is -1.40. The van der Waals surface area contributed by atoms with Crippen LogP contribution < -0.4 is 11.1 Å². The summed E-state index contributed by atoms with van der Waals surface area (Å²) in [6, 6.07) is 1.83. The minimum atomic E-state index is -1.12. The zero-order valence-electron chi connectivity index (χ0n) is 7.76. The molecule has 4 N–H and O–H groups in total. The van der Waals surface area contributed by atoms with Crippen LogP contribution in [0.15, 0.2) is 18.5 Å². The molecule has 1 rings (SSSR count). The Morgan fingerprint density at radius 3 is 3.07 bits per heavy atom. The quantitative estimate of drug-likeness (QED) is 0.476. The van der Waals surface area contributed by atoms with Crippen molar-refractivity contribution in [3.8, 4) is 0 Å². The average Bonchev–Trinajstić information content (AvgIpc) is 2.64. The van der Waals surface area contributed by atoms with Gasteiger partial charge in [-0.3, -0.25) is 9.48 Å². The average molecular weight is 198 g/mol. The molecule has 6 heteroatoms. The second-order valence-electron chi connectivity index (χ2n) is 2.89. The van der Waals surface area contributed by atoms with Crippen LogP contribution in [0.1, 0.15) is 0 Å². The highest BCUT2D eigenvalue weighted by atomic mass is 16.3. The van der Waals surface area contributed by atoms with E-state index >= 15 is 0 Å². The summed E-state index contributed by atoms with van der Waals surface area (Å²) in [5.74, 6) is -0.711. The molecule has 0 saturated heterocycles. The number of nitrogens with zero attached hydrogens (tertiary/aromatic N) is 2. The van der Waals surface area contributed by atoms with Crippen LogP contribution in [-0.2, 0) is 11.3 Å². The number of primary amides is 1. The molecule has 6 nitrogen and oxygen atoms in total. The second kappa shape index (κ2) is 5.36. The second-order valence-corrected chi connectivity index (χ2v) is 2.89. The fourth-order valence-electron chi connectivity index (χ4n) is 0.966. The van der Waals surface area contributed by atoms with Crippen molar-refractivity contribution < 1.29 is 9.90 Å². The van der Waals surface area contributed by atoms with Gasteiger partial charge in [-0.1, -0.05) is 0 Å². The molecule has 0 spiro atoms. The van der Waals surface area contributed by atoms with Crippen molar-refractivity contribution in [3.05, 3.63) is 18.5 Å². The molecule has 1 heterocycles. The Kier molecular flexibility index (Phi) is 4.09. The van der Waals surface area contributed by atoms with Crippen molar-refractivity contribution in [2.75, 3.05) is 13.1 Å². The zero-order valence-corrected chi connectivity index (χ0v) is 7.76. The van der Waals surface area contributed by atoms with E-state index in [-0.39, 0.29) is 6.54 Å². The molecular formula is C8H14N4O2. The first-order valence-electron chi connectivity index (χ1n) is 4.35. The van der Waals surface area contributed by atoms with E-state index in [1.165, 1.54) is 0 Å². The first-order valence-corrected chi connectivity index (χ1v) is 4.35. The Bertz CT molecular complexity index is 273. The van der Waals surface area contributed by atoms with E-state index in [2.05, 4.69) is 10.4 Å². The third kappa shape index (κ3) is 3.55. The first-order chi connectivity index (χ1) is 6.70. The van der Waals surface area contributed by atoms with Gasteiger partial charge in [-0.2, -0.15) is 5.10 Å². The van der Waals surface area contributed by atoms with Gasteiger partial charge in [0, 0.05) is 25.5 Å². The van der Waals surface area contributed by atoms with Gasteiger partial charge in [-0.05, 0) is 6.07 Å². The number of aliphatic hydroxyl groups is 1. The van der Waals surface area contributed by atoms with E-state index in [9.17, 15) is 4.79 Å². The summed E-state index contributed by atoms with van der Waals surface area (Å²) >= 11 is 0. The lowest BCUT2D eigenvalue weighted by Gasteiger charge is -2.07. The number of hydrogen-bond acceptors (Lipinski definition) is 4. The number of rotatable bonds is 6. The third-order valence-electron chi connectivity index (χ3n) is 1.74. The molecular weight excluding hydrogens is 184 g/mol. The highest BCUT2D eigenvalue weighted by Crippen LogP contribution is 1.83. The van der Waals surface area contributed by atoms with E-state index in [0.717, 1.165) is 0 Å². The van der Waals surface area contributed by atoms with Gasteiger partial charge < -0.3 is 16.2 Å². The normalized spacial score (nSPS) is 12.6. The van der Waals surface area contributed by atoms with Crippen molar-refractivity contribution in [3.63, 3.8) is 0 Å². The molecule has 1 amide bonds. The molecule has 0 radical (unpaired) electrons. The largest absolute Gasteiger partial charge is 0.382 e. The lowest BCUT2D eigenvalue weighted by Crippen LogP contribution is -2.38. The molecule has 1 atom stereocenters. The molecule has 0 aromatic carbocycles. The van der Waals surface area contributed by atoms with Crippen LogP contribution in [-0.4, -0.2) is 40.0 Å². The standard InChI is InChI=1S/C8H14N4O2/c9-8(14)7(13)6-10-3-5-12-4-1-2-11-12/h1-2,4,7,10,13H,3,5-6H2,(H2,9,14).